The average Bonchev–Trinajstić information content (AvgIpc) is 3.25. The fourth-order valence-electron chi connectivity index (χ4n) is 4.41. The van der Waals surface area contributed by atoms with Gasteiger partial charge in [-0.3, -0.25) is 9.36 Å². The van der Waals surface area contributed by atoms with Crippen LogP contribution < -0.4 is 15.2 Å². The molecule has 184 valence electrons. The van der Waals surface area contributed by atoms with Crippen molar-refractivity contribution in [3.8, 4) is 22.9 Å². The molecule has 0 N–H and O–H groups in total. The maximum atomic E-state index is 14.7. The molecule has 1 fully saturated rings. The van der Waals surface area contributed by atoms with Crippen molar-refractivity contribution in [3.05, 3.63) is 70.4 Å². The van der Waals surface area contributed by atoms with Gasteiger partial charge in [-0.1, -0.05) is 18.7 Å². The van der Waals surface area contributed by atoms with Crippen molar-refractivity contribution < 1.29 is 9.13 Å². The van der Waals surface area contributed by atoms with Crippen LogP contribution >= 0.6 is 0 Å². The summed E-state index contributed by atoms with van der Waals surface area (Å²) in [6.07, 6.45) is 3.47. The zero-order chi connectivity index (χ0) is 25.7. The molecule has 2 aromatic rings. The van der Waals surface area contributed by atoms with E-state index in [0.717, 1.165) is 26.1 Å². The highest BCUT2D eigenvalue weighted by molar-refractivity contribution is 5.80. The number of nitriles is 1. The van der Waals surface area contributed by atoms with Crippen LogP contribution in [-0.4, -0.2) is 55.3 Å². The molecule has 1 unspecified atom stereocenters. The zero-order valence-electron chi connectivity index (χ0n) is 21.0. The lowest BCUT2D eigenvalue weighted by molar-refractivity contribution is 0.395. The van der Waals surface area contributed by atoms with Gasteiger partial charge in [-0.25, -0.2) is 9.37 Å². The average molecular weight is 478 g/mol. The number of anilines is 1. The monoisotopic (exact) mass is 477 g/mol. The summed E-state index contributed by atoms with van der Waals surface area (Å²) in [6.45, 7) is 7.96. The van der Waals surface area contributed by atoms with Gasteiger partial charge in [-0.2, -0.15) is 5.26 Å². The maximum absolute atomic E-state index is 14.7. The number of hydrogen-bond donors (Lipinski definition) is 0. The molecule has 8 heteroatoms. The maximum Gasteiger partial charge on any atom is 0.263 e. The minimum absolute atomic E-state index is 0.179. The van der Waals surface area contributed by atoms with Gasteiger partial charge in [0.25, 0.3) is 5.56 Å². The summed E-state index contributed by atoms with van der Waals surface area (Å²) in [5.74, 6) is 0.892. The largest absolute Gasteiger partial charge is 0.497 e. The Bertz CT molecular complexity index is 1250. The minimum Gasteiger partial charge on any atom is -0.497 e. The molecule has 35 heavy (non-hydrogen) atoms. The Balaban J connectivity index is 2.18. The highest BCUT2D eigenvalue weighted by Gasteiger charge is 2.24. The third kappa shape index (κ3) is 5.69. The summed E-state index contributed by atoms with van der Waals surface area (Å²) < 4.78 is 21.5. The summed E-state index contributed by atoms with van der Waals surface area (Å²) in [7, 11) is 7.29. The van der Waals surface area contributed by atoms with Gasteiger partial charge in [0.2, 0.25) is 5.95 Å². The molecule has 1 aromatic heterocycles. The smallest absolute Gasteiger partial charge is 0.263 e. The van der Waals surface area contributed by atoms with Gasteiger partial charge < -0.3 is 14.5 Å². The standard InChI is InChI=1S/C27H32FN5O2/c1-7-20(15-29)23(28)14-18(2)25-24(21-8-10-22(35-6)11-9-21)26(34)33(5)27(30-25)32(4)17-19-12-13-31(3)16-19/h7-11,14,19H,1,12-13,16-17H2,2-6H3/b18-14+,23-20-. The van der Waals surface area contributed by atoms with E-state index in [1.54, 1.807) is 51.4 Å². The number of aromatic nitrogens is 2. The van der Waals surface area contributed by atoms with Crippen molar-refractivity contribution in [2.24, 2.45) is 13.0 Å². The van der Waals surface area contributed by atoms with Crippen LogP contribution in [0.15, 0.2) is 59.2 Å². The van der Waals surface area contributed by atoms with E-state index in [0.29, 0.717) is 40.0 Å². The van der Waals surface area contributed by atoms with Gasteiger partial charge in [0, 0.05) is 27.2 Å². The van der Waals surface area contributed by atoms with E-state index in [1.165, 1.54) is 16.7 Å². The number of nitrogens with zero attached hydrogens (tertiary/aromatic N) is 5. The predicted molar refractivity (Wildman–Crippen MR) is 138 cm³/mol. The highest BCUT2D eigenvalue weighted by Crippen LogP contribution is 2.29. The van der Waals surface area contributed by atoms with E-state index in [9.17, 15) is 14.4 Å². The van der Waals surface area contributed by atoms with E-state index < -0.39 is 5.83 Å². The first kappa shape index (κ1) is 25.9. The van der Waals surface area contributed by atoms with Crippen LogP contribution in [0, 0.1) is 17.2 Å². The molecule has 0 amide bonds. The highest BCUT2D eigenvalue weighted by atomic mass is 19.1. The summed E-state index contributed by atoms with van der Waals surface area (Å²) in [6, 6.07) is 8.88. The van der Waals surface area contributed by atoms with Gasteiger partial charge in [0.05, 0.1) is 23.9 Å². The number of benzene rings is 1. The SMILES string of the molecule is C=C/C(C#N)=C(F)\C=C(/C)c1nc(N(C)CC2CCN(C)C2)n(C)c(=O)c1-c1ccc(OC)cc1. The summed E-state index contributed by atoms with van der Waals surface area (Å²) in [5.41, 5.74) is 1.36. The number of likely N-dealkylation sites (tertiary alicyclic amines) is 1. The molecule has 7 nitrogen and oxygen atoms in total. The van der Waals surface area contributed by atoms with Crippen molar-refractivity contribution in [2.45, 2.75) is 13.3 Å². The molecule has 1 aliphatic rings. The molecule has 1 saturated heterocycles. The van der Waals surface area contributed by atoms with Crippen molar-refractivity contribution >= 4 is 11.5 Å². The molecule has 0 aliphatic carbocycles. The number of ether oxygens (including phenoxy) is 1. The van der Waals surface area contributed by atoms with Crippen LogP contribution in [0.2, 0.25) is 0 Å². The Morgan fingerprint density at radius 3 is 2.60 bits per heavy atom. The Labute approximate surface area is 206 Å². The number of halogens is 1. The van der Waals surface area contributed by atoms with Gasteiger partial charge in [-0.05, 0) is 68.3 Å². The molecule has 0 spiro atoms. The zero-order valence-corrected chi connectivity index (χ0v) is 21.0. The quantitative estimate of drug-likeness (QED) is 0.420. The third-order valence-corrected chi connectivity index (χ3v) is 6.31. The second-order valence-corrected chi connectivity index (χ2v) is 8.93. The lowest BCUT2D eigenvalue weighted by Crippen LogP contribution is -2.34. The second-order valence-electron chi connectivity index (χ2n) is 8.93. The molecular formula is C27H32FN5O2. The fraction of sp³-hybridized carbons (Fsp3) is 0.370. The Kier molecular flexibility index (Phi) is 8.26. The normalized spacial score (nSPS) is 17.1. The lowest BCUT2D eigenvalue weighted by Gasteiger charge is -2.25. The van der Waals surface area contributed by atoms with Gasteiger partial charge in [-0.15, -0.1) is 0 Å². The number of hydrogen-bond acceptors (Lipinski definition) is 6. The van der Waals surface area contributed by atoms with Gasteiger partial charge >= 0.3 is 0 Å². The summed E-state index contributed by atoms with van der Waals surface area (Å²) in [4.78, 5) is 22.8. The molecule has 0 radical (unpaired) electrons. The van der Waals surface area contributed by atoms with E-state index in [4.69, 9.17) is 9.72 Å². The summed E-state index contributed by atoms with van der Waals surface area (Å²) in [5, 5.41) is 9.17. The van der Waals surface area contributed by atoms with Crippen LogP contribution in [-0.2, 0) is 7.05 Å². The van der Waals surface area contributed by atoms with Crippen LogP contribution in [0.5, 0.6) is 5.75 Å². The first-order valence-electron chi connectivity index (χ1n) is 11.5. The molecule has 0 bridgehead atoms. The second kappa shape index (κ2) is 11.2. The van der Waals surface area contributed by atoms with Crippen LogP contribution in [0.25, 0.3) is 16.7 Å². The molecule has 0 saturated carbocycles. The van der Waals surface area contributed by atoms with Crippen molar-refractivity contribution in [1.29, 1.82) is 5.26 Å². The van der Waals surface area contributed by atoms with Crippen LogP contribution in [0.1, 0.15) is 19.0 Å². The van der Waals surface area contributed by atoms with Crippen LogP contribution in [0.4, 0.5) is 10.3 Å². The van der Waals surface area contributed by atoms with Crippen molar-refractivity contribution in [1.82, 2.24) is 14.5 Å². The Morgan fingerprint density at radius 1 is 1.37 bits per heavy atom. The van der Waals surface area contributed by atoms with Crippen LogP contribution in [0.3, 0.4) is 0 Å². The Morgan fingerprint density at radius 2 is 2.06 bits per heavy atom. The van der Waals surface area contributed by atoms with Gasteiger partial charge in [0.15, 0.2) is 0 Å². The first-order valence-corrected chi connectivity index (χ1v) is 11.5. The van der Waals surface area contributed by atoms with E-state index in [2.05, 4.69) is 18.5 Å². The molecule has 1 aromatic carbocycles. The molecule has 1 atom stereocenters. The summed E-state index contributed by atoms with van der Waals surface area (Å²) >= 11 is 0. The molecule has 1 aliphatic heterocycles. The lowest BCUT2D eigenvalue weighted by atomic mass is 10.00. The van der Waals surface area contributed by atoms with E-state index >= 15 is 0 Å². The molecule has 2 heterocycles. The van der Waals surface area contributed by atoms with E-state index in [-0.39, 0.29) is 11.1 Å². The van der Waals surface area contributed by atoms with E-state index in [1.807, 2.05) is 11.9 Å². The minimum atomic E-state index is -0.730. The van der Waals surface area contributed by atoms with Crippen molar-refractivity contribution in [2.75, 3.05) is 45.7 Å². The number of methoxy groups -OCH3 is 1. The Hall–Kier alpha value is -3.70. The number of allylic oxidation sites excluding steroid dienone is 5. The van der Waals surface area contributed by atoms with Crippen molar-refractivity contribution in [3.63, 3.8) is 0 Å². The predicted octanol–water partition coefficient (Wildman–Crippen LogP) is 4.18. The molecule has 3 rings (SSSR count). The third-order valence-electron chi connectivity index (χ3n) is 6.31. The topological polar surface area (TPSA) is 74.4 Å². The number of rotatable bonds is 8. The van der Waals surface area contributed by atoms with Gasteiger partial charge in [0.1, 0.15) is 17.6 Å². The molecular weight excluding hydrogens is 445 g/mol. The fourth-order valence-corrected chi connectivity index (χ4v) is 4.41. The first-order chi connectivity index (χ1) is 16.7.